The van der Waals surface area contributed by atoms with E-state index in [0.717, 1.165) is 40.7 Å². The summed E-state index contributed by atoms with van der Waals surface area (Å²) in [4.78, 5) is 23.3. The lowest BCUT2D eigenvalue weighted by atomic mass is 9.87. The van der Waals surface area contributed by atoms with E-state index in [4.69, 9.17) is 10.2 Å². The first kappa shape index (κ1) is 24.5. The molecule has 4 N–H and O–H groups in total. The number of nitrogens with two attached hydrogens (primary N) is 1. The predicted molar refractivity (Wildman–Crippen MR) is 136 cm³/mol. The Hall–Kier alpha value is -3.63. The molecule has 11 heteroatoms. The van der Waals surface area contributed by atoms with Crippen LogP contribution in [0.3, 0.4) is 0 Å². The minimum Gasteiger partial charge on any atom is -0.451 e. The molecule has 1 aliphatic heterocycles. The van der Waals surface area contributed by atoms with Crippen molar-refractivity contribution in [2.75, 3.05) is 29.1 Å². The van der Waals surface area contributed by atoms with E-state index in [-0.39, 0.29) is 42.6 Å². The van der Waals surface area contributed by atoms with Crippen molar-refractivity contribution >= 4 is 46.4 Å². The molecule has 0 aliphatic carbocycles. The third-order valence-electron chi connectivity index (χ3n) is 6.53. The second kappa shape index (κ2) is 9.93. The molecule has 0 radical (unpaired) electrons. The van der Waals surface area contributed by atoms with Crippen molar-refractivity contribution in [1.29, 1.82) is 0 Å². The lowest BCUT2D eigenvalue weighted by Crippen LogP contribution is -2.38. The Bertz CT molecular complexity index is 1340. The second-order valence-electron chi connectivity index (χ2n) is 8.72. The Morgan fingerprint density at radius 3 is 2.86 bits per heavy atom. The number of aliphatic hydroxyl groups excluding tert-OH is 1. The summed E-state index contributed by atoms with van der Waals surface area (Å²) in [5.41, 5.74) is 10.6. The Kier molecular flexibility index (Phi) is 6.95. The van der Waals surface area contributed by atoms with Crippen LogP contribution in [0.25, 0.3) is 10.9 Å². The third-order valence-corrected chi connectivity index (χ3v) is 6.53. The van der Waals surface area contributed by atoms with E-state index in [1.165, 1.54) is 12.7 Å². The number of fused-ring (bicyclic) bond motifs is 1. The number of nitrogen functional groups attached to an aromatic ring is 1. The van der Waals surface area contributed by atoms with Gasteiger partial charge in [-0.1, -0.05) is 0 Å². The maximum atomic E-state index is 12.9. The molecule has 2 unspecified atom stereocenters. The number of halogens is 1. The predicted octanol–water partition coefficient (Wildman–Crippen LogP) is 3.47. The maximum Gasteiger partial charge on any atom is 0.277 e. The number of nitrogens with zero attached hydrogens (tertiary/aromatic N) is 5. The summed E-state index contributed by atoms with van der Waals surface area (Å²) in [6, 6.07) is 7.80. The fourth-order valence-corrected chi connectivity index (χ4v) is 4.80. The number of hydrogen-bond donors (Lipinski definition) is 3. The highest BCUT2D eigenvalue weighted by Crippen LogP contribution is 2.42. The fraction of sp³-hybridized carbons (Fsp3) is 0.333. The van der Waals surface area contributed by atoms with Gasteiger partial charge in [0.05, 0.1) is 28.6 Å². The standard InChI is InChI=1S/C24H27N7O3.ClH/c1-14-17-9-22(18(10-21(17)30(2)29-14)28-24(33)19-12-34-13-27-19)31-6-4-15(11-32)7-20(31)16-3-5-26-23(25)8-16;/h3,5,8-10,12-13,15,20,32H,4,6-7,11H2,1-2H3,(H2,25,26)(H,28,33);1H. The lowest BCUT2D eigenvalue weighted by molar-refractivity contribution is 0.102. The number of pyridine rings is 1. The van der Waals surface area contributed by atoms with Gasteiger partial charge < -0.3 is 25.5 Å². The minimum atomic E-state index is -0.358. The van der Waals surface area contributed by atoms with E-state index in [2.05, 4.69) is 31.3 Å². The zero-order chi connectivity index (χ0) is 23.8. The number of oxazole rings is 1. The number of nitrogens with one attached hydrogen (secondary N) is 1. The van der Waals surface area contributed by atoms with E-state index >= 15 is 0 Å². The monoisotopic (exact) mass is 497 g/mol. The van der Waals surface area contributed by atoms with E-state index < -0.39 is 0 Å². The van der Waals surface area contributed by atoms with Gasteiger partial charge in [0.25, 0.3) is 5.91 Å². The molecule has 3 aromatic heterocycles. The Morgan fingerprint density at radius 1 is 1.31 bits per heavy atom. The van der Waals surface area contributed by atoms with Crippen molar-refractivity contribution < 1.29 is 14.3 Å². The number of carbonyl (C=O) groups is 1. The Morgan fingerprint density at radius 2 is 2.14 bits per heavy atom. The minimum absolute atomic E-state index is 0. The van der Waals surface area contributed by atoms with Crippen molar-refractivity contribution in [3.63, 3.8) is 0 Å². The number of aliphatic hydroxyl groups is 1. The zero-order valence-corrected chi connectivity index (χ0v) is 20.3. The van der Waals surface area contributed by atoms with Gasteiger partial charge in [0, 0.05) is 31.8 Å². The first-order valence-corrected chi connectivity index (χ1v) is 11.2. The number of anilines is 3. The summed E-state index contributed by atoms with van der Waals surface area (Å²) in [5.74, 6) is 0.262. The van der Waals surface area contributed by atoms with Crippen LogP contribution in [0, 0.1) is 12.8 Å². The highest BCUT2D eigenvalue weighted by Gasteiger charge is 2.32. The highest BCUT2D eigenvalue weighted by atomic mass is 35.5. The molecular formula is C24H28ClN7O3. The van der Waals surface area contributed by atoms with Crippen LogP contribution < -0.4 is 16.0 Å². The van der Waals surface area contributed by atoms with Gasteiger partial charge in [0.1, 0.15) is 12.1 Å². The molecule has 2 atom stereocenters. The molecule has 1 amide bonds. The average Bonchev–Trinajstić information content (AvgIpc) is 3.47. The molecule has 0 saturated carbocycles. The maximum absolute atomic E-state index is 12.9. The van der Waals surface area contributed by atoms with Crippen molar-refractivity contribution in [1.82, 2.24) is 19.7 Å². The normalized spacial score (nSPS) is 17.9. The molecule has 1 aliphatic rings. The molecule has 5 rings (SSSR count). The Balaban J connectivity index is 0.00000289. The van der Waals surface area contributed by atoms with Crippen molar-refractivity contribution in [2.45, 2.75) is 25.8 Å². The molecule has 0 bridgehead atoms. The molecule has 1 saturated heterocycles. The Labute approximate surface area is 208 Å². The van der Waals surface area contributed by atoms with Crippen LogP contribution in [-0.4, -0.2) is 43.9 Å². The number of benzene rings is 1. The SMILES string of the molecule is Cc1nn(C)c2cc(NC(=O)c3cocn3)c(N3CCC(CO)CC3c3ccnc(N)c3)cc12.Cl. The fourth-order valence-electron chi connectivity index (χ4n) is 4.80. The molecule has 0 spiro atoms. The number of hydrogen-bond acceptors (Lipinski definition) is 8. The molecule has 1 aromatic carbocycles. The van der Waals surface area contributed by atoms with Gasteiger partial charge in [-0.15, -0.1) is 12.4 Å². The number of carbonyl (C=O) groups excluding carboxylic acids is 1. The summed E-state index contributed by atoms with van der Waals surface area (Å²) in [6.07, 6.45) is 5.83. The van der Waals surface area contributed by atoms with Crippen LogP contribution >= 0.6 is 12.4 Å². The van der Waals surface area contributed by atoms with Crippen molar-refractivity contribution in [3.05, 3.63) is 60.1 Å². The molecular weight excluding hydrogens is 470 g/mol. The van der Waals surface area contributed by atoms with E-state index in [1.54, 1.807) is 10.9 Å². The molecule has 4 aromatic rings. The van der Waals surface area contributed by atoms with Gasteiger partial charge in [-0.3, -0.25) is 9.48 Å². The molecule has 1 fully saturated rings. The van der Waals surface area contributed by atoms with Gasteiger partial charge >= 0.3 is 0 Å². The summed E-state index contributed by atoms with van der Waals surface area (Å²) in [7, 11) is 1.88. The third kappa shape index (κ3) is 4.67. The van der Waals surface area contributed by atoms with Crippen LogP contribution in [0.5, 0.6) is 0 Å². The largest absolute Gasteiger partial charge is 0.451 e. The van der Waals surface area contributed by atoms with Crippen LogP contribution in [0.4, 0.5) is 17.2 Å². The quantitative estimate of drug-likeness (QED) is 0.381. The molecule has 4 heterocycles. The van der Waals surface area contributed by atoms with Crippen LogP contribution in [0.2, 0.25) is 0 Å². The topological polar surface area (TPSA) is 135 Å². The first-order valence-electron chi connectivity index (χ1n) is 11.2. The van der Waals surface area contributed by atoms with Crippen LogP contribution in [-0.2, 0) is 7.05 Å². The number of piperidine rings is 1. The van der Waals surface area contributed by atoms with Crippen molar-refractivity contribution in [3.8, 4) is 0 Å². The smallest absolute Gasteiger partial charge is 0.277 e. The number of aromatic nitrogens is 4. The van der Waals surface area contributed by atoms with Gasteiger partial charge in [0.2, 0.25) is 0 Å². The zero-order valence-electron chi connectivity index (χ0n) is 19.5. The summed E-state index contributed by atoms with van der Waals surface area (Å²) >= 11 is 0. The number of aryl methyl sites for hydroxylation is 2. The van der Waals surface area contributed by atoms with Gasteiger partial charge in [-0.05, 0) is 55.5 Å². The molecule has 184 valence electrons. The summed E-state index contributed by atoms with van der Waals surface area (Å²) in [5, 5.41) is 18.5. The average molecular weight is 498 g/mol. The number of amides is 1. The van der Waals surface area contributed by atoms with Crippen LogP contribution in [0.15, 0.2) is 47.5 Å². The number of rotatable bonds is 5. The highest BCUT2D eigenvalue weighted by molar-refractivity contribution is 6.06. The van der Waals surface area contributed by atoms with Gasteiger partial charge in [-0.2, -0.15) is 5.10 Å². The summed E-state index contributed by atoms with van der Waals surface area (Å²) < 4.78 is 6.79. The van der Waals surface area contributed by atoms with Gasteiger partial charge in [-0.25, -0.2) is 9.97 Å². The van der Waals surface area contributed by atoms with Crippen molar-refractivity contribution in [2.24, 2.45) is 13.0 Å². The molecule has 35 heavy (non-hydrogen) atoms. The summed E-state index contributed by atoms with van der Waals surface area (Å²) in [6.45, 7) is 2.80. The second-order valence-corrected chi connectivity index (χ2v) is 8.72. The van der Waals surface area contributed by atoms with Gasteiger partial charge in [0.15, 0.2) is 12.1 Å². The van der Waals surface area contributed by atoms with E-state index in [0.29, 0.717) is 18.1 Å². The van der Waals surface area contributed by atoms with Crippen LogP contribution in [0.1, 0.15) is 40.6 Å². The van der Waals surface area contributed by atoms with E-state index in [9.17, 15) is 9.90 Å². The van der Waals surface area contributed by atoms with E-state index in [1.807, 2.05) is 32.2 Å². The first-order chi connectivity index (χ1) is 16.4. The molecule has 10 nitrogen and oxygen atoms in total. The lowest BCUT2D eigenvalue weighted by Gasteiger charge is -2.41.